The van der Waals surface area contributed by atoms with Crippen LogP contribution in [0.1, 0.15) is 54.4 Å². The molecule has 0 unspecified atom stereocenters. The summed E-state index contributed by atoms with van der Waals surface area (Å²) in [5.74, 6) is -0.419. The van der Waals surface area contributed by atoms with Crippen molar-refractivity contribution in [2.45, 2.75) is 55.9 Å². The van der Waals surface area contributed by atoms with E-state index < -0.39 is 15.9 Å². The fourth-order valence-electron chi connectivity index (χ4n) is 5.16. The Morgan fingerprint density at radius 3 is 2.39 bits per heavy atom. The molecule has 0 atom stereocenters. The van der Waals surface area contributed by atoms with E-state index in [1.165, 1.54) is 11.6 Å². The molecule has 0 spiro atoms. The largest absolute Gasteiger partial charge is 0.303 e. The van der Waals surface area contributed by atoms with Crippen LogP contribution in [0.2, 0.25) is 0 Å². The summed E-state index contributed by atoms with van der Waals surface area (Å²) < 4.78 is 26.3. The topological polar surface area (TPSA) is 81.5 Å². The summed E-state index contributed by atoms with van der Waals surface area (Å²) in [5.41, 5.74) is 1.21. The zero-order chi connectivity index (χ0) is 23.5. The molecule has 1 saturated carbocycles. The molecule has 7 heteroatoms. The summed E-state index contributed by atoms with van der Waals surface area (Å²) >= 11 is 0. The number of benzene rings is 2. The highest BCUT2D eigenvalue weighted by Gasteiger charge is 2.40. The molecule has 0 saturated heterocycles. The minimum atomic E-state index is -3.72. The van der Waals surface area contributed by atoms with Crippen LogP contribution in [-0.4, -0.2) is 49.7 Å². The van der Waals surface area contributed by atoms with E-state index in [4.69, 9.17) is 0 Å². The van der Waals surface area contributed by atoms with E-state index in [0.29, 0.717) is 12.5 Å². The number of nitriles is 1. The van der Waals surface area contributed by atoms with Crippen LogP contribution >= 0.6 is 0 Å². The molecule has 0 radical (unpaired) electrons. The standard InChI is InChI=1S/C26H31N3O3S/c1-28(22-13-15-26(20-27,16-14-22)19-21-9-3-2-4-10-21)17-7-8-18-29-25(30)23-11-5-6-12-24(23)33(29,31)32/h2-6,9-12,22H,7-8,13-19H2,1H3. The Kier molecular flexibility index (Phi) is 6.87. The molecule has 1 aliphatic heterocycles. The Hall–Kier alpha value is -2.69. The Labute approximate surface area is 196 Å². The van der Waals surface area contributed by atoms with Gasteiger partial charge in [-0.3, -0.25) is 4.79 Å². The average Bonchev–Trinajstić information content (AvgIpc) is 3.03. The van der Waals surface area contributed by atoms with Gasteiger partial charge in [-0.15, -0.1) is 0 Å². The number of fused-ring (bicyclic) bond motifs is 1. The van der Waals surface area contributed by atoms with Crippen molar-refractivity contribution in [2.75, 3.05) is 20.1 Å². The van der Waals surface area contributed by atoms with E-state index in [0.717, 1.165) is 49.4 Å². The van der Waals surface area contributed by atoms with Crippen molar-refractivity contribution < 1.29 is 13.2 Å². The lowest BCUT2D eigenvalue weighted by Gasteiger charge is -2.39. The molecule has 1 amide bonds. The summed E-state index contributed by atoms with van der Waals surface area (Å²) in [7, 11) is -1.61. The summed E-state index contributed by atoms with van der Waals surface area (Å²) in [4.78, 5) is 15.0. The van der Waals surface area contributed by atoms with Gasteiger partial charge in [-0.1, -0.05) is 42.5 Å². The van der Waals surface area contributed by atoms with E-state index in [9.17, 15) is 18.5 Å². The number of carbonyl (C=O) groups is 1. The van der Waals surface area contributed by atoms with Crippen LogP contribution in [0.25, 0.3) is 0 Å². The molecule has 2 aromatic rings. The molecule has 0 aromatic heterocycles. The van der Waals surface area contributed by atoms with Gasteiger partial charge in [0, 0.05) is 12.6 Å². The van der Waals surface area contributed by atoms with Gasteiger partial charge in [0.1, 0.15) is 4.90 Å². The molecule has 6 nitrogen and oxygen atoms in total. The monoisotopic (exact) mass is 465 g/mol. The van der Waals surface area contributed by atoms with Crippen molar-refractivity contribution in [3.05, 3.63) is 65.7 Å². The van der Waals surface area contributed by atoms with Gasteiger partial charge in [-0.2, -0.15) is 5.26 Å². The van der Waals surface area contributed by atoms with Gasteiger partial charge in [0.05, 0.1) is 17.0 Å². The first kappa shape index (κ1) is 23.5. The Morgan fingerprint density at radius 1 is 1.06 bits per heavy atom. The maximum absolute atomic E-state index is 12.7. The lowest BCUT2D eigenvalue weighted by atomic mass is 9.70. The highest BCUT2D eigenvalue weighted by atomic mass is 32.2. The highest BCUT2D eigenvalue weighted by molar-refractivity contribution is 7.90. The second-order valence-electron chi connectivity index (χ2n) is 9.35. The lowest BCUT2D eigenvalue weighted by Crippen LogP contribution is -2.40. The van der Waals surface area contributed by atoms with Gasteiger partial charge < -0.3 is 4.90 Å². The molecule has 4 rings (SSSR count). The van der Waals surface area contributed by atoms with Crippen LogP contribution in [-0.2, 0) is 16.4 Å². The molecule has 33 heavy (non-hydrogen) atoms. The SMILES string of the molecule is CN(CCCCN1C(=O)c2ccccc2S1(=O)=O)C1CCC(C#N)(Cc2ccccc2)CC1. The van der Waals surface area contributed by atoms with E-state index in [-0.39, 0.29) is 22.4 Å². The number of carbonyl (C=O) groups excluding carboxylic acids is 1. The van der Waals surface area contributed by atoms with Crippen LogP contribution in [0.3, 0.4) is 0 Å². The minimum absolute atomic E-state index is 0.116. The molecule has 1 aliphatic carbocycles. The van der Waals surface area contributed by atoms with Crippen molar-refractivity contribution in [1.29, 1.82) is 5.26 Å². The van der Waals surface area contributed by atoms with Crippen LogP contribution in [0.15, 0.2) is 59.5 Å². The Bertz CT molecular complexity index is 1130. The molecular formula is C26H31N3O3S. The van der Waals surface area contributed by atoms with E-state index >= 15 is 0 Å². The van der Waals surface area contributed by atoms with Gasteiger partial charge in [0.25, 0.3) is 15.9 Å². The fraction of sp³-hybridized carbons (Fsp3) is 0.462. The van der Waals surface area contributed by atoms with Crippen LogP contribution < -0.4 is 0 Å². The second kappa shape index (κ2) is 9.66. The van der Waals surface area contributed by atoms with Crippen molar-refractivity contribution in [2.24, 2.45) is 5.41 Å². The zero-order valence-corrected chi connectivity index (χ0v) is 19.9. The fourth-order valence-corrected chi connectivity index (χ4v) is 6.77. The van der Waals surface area contributed by atoms with E-state index in [2.05, 4.69) is 30.1 Å². The zero-order valence-electron chi connectivity index (χ0n) is 19.1. The first-order valence-corrected chi connectivity index (χ1v) is 13.1. The summed E-state index contributed by atoms with van der Waals surface area (Å²) in [5, 5.41) is 9.89. The normalized spacial score (nSPS) is 24.0. The quantitative estimate of drug-likeness (QED) is 0.545. The molecule has 174 valence electrons. The number of rotatable bonds is 8. The van der Waals surface area contributed by atoms with E-state index in [1.807, 2.05) is 18.2 Å². The Balaban J connectivity index is 1.24. The van der Waals surface area contributed by atoms with Crippen LogP contribution in [0.5, 0.6) is 0 Å². The van der Waals surface area contributed by atoms with Gasteiger partial charge in [-0.25, -0.2) is 12.7 Å². The van der Waals surface area contributed by atoms with Gasteiger partial charge in [0.15, 0.2) is 0 Å². The second-order valence-corrected chi connectivity index (χ2v) is 11.2. The number of amides is 1. The molecule has 1 heterocycles. The number of hydrogen-bond donors (Lipinski definition) is 0. The first-order valence-electron chi connectivity index (χ1n) is 11.7. The van der Waals surface area contributed by atoms with Crippen molar-refractivity contribution in [1.82, 2.24) is 9.21 Å². The van der Waals surface area contributed by atoms with Gasteiger partial charge >= 0.3 is 0 Å². The number of sulfonamides is 1. The van der Waals surface area contributed by atoms with Crippen molar-refractivity contribution in [3.63, 3.8) is 0 Å². The van der Waals surface area contributed by atoms with Crippen LogP contribution in [0, 0.1) is 16.7 Å². The minimum Gasteiger partial charge on any atom is -0.303 e. The first-order chi connectivity index (χ1) is 15.9. The predicted molar refractivity (Wildman–Crippen MR) is 127 cm³/mol. The highest BCUT2D eigenvalue weighted by Crippen LogP contribution is 2.40. The van der Waals surface area contributed by atoms with Crippen molar-refractivity contribution >= 4 is 15.9 Å². The molecule has 0 N–H and O–H groups in total. The summed E-state index contributed by atoms with van der Waals surface area (Å²) in [6, 6.07) is 19.7. The summed E-state index contributed by atoms with van der Waals surface area (Å²) in [6.07, 6.45) is 6.03. The van der Waals surface area contributed by atoms with Gasteiger partial charge in [0.2, 0.25) is 0 Å². The Morgan fingerprint density at radius 2 is 1.73 bits per heavy atom. The van der Waals surface area contributed by atoms with Crippen LogP contribution in [0.4, 0.5) is 0 Å². The molecular weight excluding hydrogens is 434 g/mol. The molecule has 2 aromatic carbocycles. The third-order valence-electron chi connectivity index (χ3n) is 7.19. The lowest BCUT2D eigenvalue weighted by molar-refractivity contribution is 0.0867. The summed E-state index contributed by atoms with van der Waals surface area (Å²) in [6.45, 7) is 1.06. The maximum Gasteiger partial charge on any atom is 0.269 e. The molecule has 0 bridgehead atoms. The molecule has 2 aliphatic rings. The van der Waals surface area contributed by atoms with Crippen molar-refractivity contribution in [3.8, 4) is 6.07 Å². The third kappa shape index (κ3) is 4.83. The number of unbranched alkanes of at least 4 members (excludes halogenated alkanes) is 1. The number of hydrogen-bond acceptors (Lipinski definition) is 5. The maximum atomic E-state index is 12.7. The third-order valence-corrected chi connectivity index (χ3v) is 9.03. The average molecular weight is 466 g/mol. The van der Waals surface area contributed by atoms with Gasteiger partial charge in [-0.05, 0) is 76.2 Å². The molecule has 1 fully saturated rings. The number of nitrogens with zero attached hydrogens (tertiary/aromatic N) is 3. The smallest absolute Gasteiger partial charge is 0.269 e. The predicted octanol–water partition coefficient (Wildman–Crippen LogP) is 4.24. The van der Waals surface area contributed by atoms with E-state index in [1.54, 1.807) is 18.2 Å².